The number of carbonyl (C=O) groups is 2. The summed E-state index contributed by atoms with van der Waals surface area (Å²) >= 11 is 0. The van der Waals surface area contributed by atoms with Crippen LogP contribution in [0.5, 0.6) is 0 Å². The lowest BCUT2D eigenvalue weighted by Gasteiger charge is -2.34. The topological polar surface area (TPSA) is 40.6 Å². The van der Waals surface area contributed by atoms with Crippen molar-refractivity contribution in [3.05, 3.63) is 65.2 Å². The van der Waals surface area contributed by atoms with Gasteiger partial charge in [-0.3, -0.25) is 9.59 Å². The minimum Gasteiger partial charge on any atom is -0.341 e. The maximum atomic E-state index is 12.9. The van der Waals surface area contributed by atoms with Gasteiger partial charge in [-0.25, -0.2) is 0 Å². The quantitative estimate of drug-likeness (QED) is 0.785. The van der Waals surface area contributed by atoms with Crippen molar-refractivity contribution in [1.29, 1.82) is 0 Å². The summed E-state index contributed by atoms with van der Waals surface area (Å²) in [5.41, 5.74) is 4.37. The summed E-state index contributed by atoms with van der Waals surface area (Å²) in [5, 5.41) is 0. The van der Waals surface area contributed by atoms with E-state index in [1.54, 1.807) is 4.90 Å². The summed E-state index contributed by atoms with van der Waals surface area (Å²) in [7, 11) is 0. The summed E-state index contributed by atoms with van der Waals surface area (Å²) in [6.45, 7) is 7.21. The van der Waals surface area contributed by atoms with Gasteiger partial charge in [0.2, 0.25) is 11.8 Å². The molecule has 0 atom stereocenters. The van der Waals surface area contributed by atoms with E-state index in [0.29, 0.717) is 5.92 Å². The monoisotopic (exact) mass is 378 g/mol. The highest BCUT2D eigenvalue weighted by molar-refractivity contribution is 5.98. The van der Waals surface area contributed by atoms with Gasteiger partial charge in [0, 0.05) is 25.7 Å². The molecule has 0 unspecified atom stereocenters. The Morgan fingerprint density at radius 1 is 1.00 bits per heavy atom. The fraction of sp³-hybridized carbons (Fsp3) is 0.417. The van der Waals surface area contributed by atoms with Crippen LogP contribution < -0.4 is 4.90 Å². The second-order valence-corrected chi connectivity index (χ2v) is 7.84. The van der Waals surface area contributed by atoms with Crippen LogP contribution in [0.15, 0.2) is 48.5 Å². The number of aryl methyl sites for hydroxylation is 1. The number of piperidine rings is 1. The highest BCUT2D eigenvalue weighted by atomic mass is 16.2. The van der Waals surface area contributed by atoms with Crippen LogP contribution in [0.2, 0.25) is 0 Å². The molecule has 0 aromatic heterocycles. The van der Waals surface area contributed by atoms with Crippen LogP contribution in [0.25, 0.3) is 0 Å². The van der Waals surface area contributed by atoms with Crippen molar-refractivity contribution in [3.63, 3.8) is 0 Å². The van der Waals surface area contributed by atoms with Crippen LogP contribution in [0.3, 0.4) is 0 Å². The summed E-state index contributed by atoms with van der Waals surface area (Å²) in [6.07, 6.45) is 3.11. The average Bonchev–Trinajstić information content (AvgIpc) is 2.69. The maximum absolute atomic E-state index is 12.9. The molecule has 2 amide bonds. The molecule has 148 valence electrons. The number of benzene rings is 2. The lowest BCUT2D eigenvalue weighted by Crippen LogP contribution is -2.45. The molecule has 1 fully saturated rings. The van der Waals surface area contributed by atoms with Crippen LogP contribution >= 0.6 is 0 Å². The van der Waals surface area contributed by atoms with Crippen molar-refractivity contribution >= 4 is 17.5 Å². The first kappa shape index (κ1) is 20.1. The molecule has 2 aromatic carbocycles. The van der Waals surface area contributed by atoms with Gasteiger partial charge in [-0.15, -0.1) is 0 Å². The summed E-state index contributed by atoms with van der Waals surface area (Å²) < 4.78 is 0. The van der Waals surface area contributed by atoms with E-state index in [0.717, 1.165) is 49.2 Å². The van der Waals surface area contributed by atoms with Crippen molar-refractivity contribution in [2.75, 3.05) is 24.5 Å². The van der Waals surface area contributed by atoms with Crippen LogP contribution in [0, 0.1) is 19.8 Å². The number of hydrogen-bond donors (Lipinski definition) is 0. The van der Waals surface area contributed by atoms with Gasteiger partial charge >= 0.3 is 0 Å². The third-order valence-corrected chi connectivity index (χ3v) is 5.87. The van der Waals surface area contributed by atoms with Crippen molar-refractivity contribution in [2.24, 2.45) is 5.92 Å². The van der Waals surface area contributed by atoms with E-state index in [4.69, 9.17) is 0 Å². The molecule has 1 heterocycles. The standard InChI is InChI=1S/C24H30N2O2/c1-18-8-7-11-23(19(18)2)26(20(3)27)17-24(28)25-14-12-22(13-15-25)16-21-9-5-4-6-10-21/h4-11,22H,12-17H2,1-3H3. The van der Waals surface area contributed by atoms with Gasteiger partial charge in [-0.05, 0) is 61.8 Å². The summed E-state index contributed by atoms with van der Waals surface area (Å²) in [5.74, 6) is 0.560. The summed E-state index contributed by atoms with van der Waals surface area (Å²) in [6, 6.07) is 16.4. The smallest absolute Gasteiger partial charge is 0.242 e. The Bertz CT molecular complexity index is 824. The number of rotatable bonds is 5. The van der Waals surface area contributed by atoms with E-state index in [9.17, 15) is 9.59 Å². The molecule has 1 aliphatic heterocycles. The van der Waals surface area contributed by atoms with E-state index in [-0.39, 0.29) is 18.4 Å². The molecule has 0 spiro atoms. The lowest BCUT2D eigenvalue weighted by molar-refractivity contribution is -0.132. The predicted octanol–water partition coefficient (Wildman–Crippen LogP) is 4.14. The zero-order valence-corrected chi connectivity index (χ0v) is 17.1. The minimum atomic E-state index is -0.0963. The van der Waals surface area contributed by atoms with E-state index in [1.165, 1.54) is 12.5 Å². The molecule has 0 radical (unpaired) electrons. The molecule has 28 heavy (non-hydrogen) atoms. The average molecular weight is 379 g/mol. The van der Waals surface area contributed by atoms with Crippen molar-refractivity contribution in [3.8, 4) is 0 Å². The second-order valence-electron chi connectivity index (χ2n) is 7.84. The predicted molar refractivity (Wildman–Crippen MR) is 113 cm³/mol. The molecule has 0 bridgehead atoms. The maximum Gasteiger partial charge on any atom is 0.242 e. The number of likely N-dealkylation sites (tertiary alicyclic amines) is 1. The number of carbonyl (C=O) groups excluding carboxylic acids is 2. The van der Waals surface area contributed by atoms with Crippen LogP contribution in [0.1, 0.15) is 36.5 Å². The van der Waals surface area contributed by atoms with Gasteiger partial charge in [-0.2, -0.15) is 0 Å². The zero-order valence-electron chi connectivity index (χ0n) is 17.1. The largest absolute Gasteiger partial charge is 0.341 e. The van der Waals surface area contributed by atoms with Crippen molar-refractivity contribution < 1.29 is 9.59 Å². The first-order valence-electron chi connectivity index (χ1n) is 10.1. The summed E-state index contributed by atoms with van der Waals surface area (Å²) in [4.78, 5) is 28.6. The second kappa shape index (κ2) is 9.05. The molecule has 2 aromatic rings. The number of amides is 2. The zero-order chi connectivity index (χ0) is 20.1. The first-order valence-corrected chi connectivity index (χ1v) is 10.1. The Morgan fingerprint density at radius 3 is 2.32 bits per heavy atom. The van der Waals surface area contributed by atoms with Crippen molar-refractivity contribution in [2.45, 2.75) is 40.0 Å². The Balaban J connectivity index is 1.59. The SMILES string of the molecule is CC(=O)N(CC(=O)N1CCC(Cc2ccccc2)CC1)c1cccc(C)c1C. The highest BCUT2D eigenvalue weighted by Crippen LogP contribution is 2.25. The fourth-order valence-electron chi connectivity index (χ4n) is 3.96. The van der Waals surface area contributed by atoms with Gasteiger partial charge in [0.15, 0.2) is 0 Å². The molecule has 3 rings (SSSR count). The Labute approximate surface area is 168 Å². The fourth-order valence-corrected chi connectivity index (χ4v) is 3.96. The molecule has 1 aliphatic rings. The molecular weight excluding hydrogens is 348 g/mol. The first-order chi connectivity index (χ1) is 13.5. The number of anilines is 1. The van der Waals surface area contributed by atoms with E-state index >= 15 is 0 Å². The molecule has 0 aliphatic carbocycles. The van der Waals surface area contributed by atoms with Crippen LogP contribution in [0.4, 0.5) is 5.69 Å². The van der Waals surface area contributed by atoms with Crippen molar-refractivity contribution in [1.82, 2.24) is 4.90 Å². The molecule has 0 saturated carbocycles. The van der Waals surface area contributed by atoms with E-state index < -0.39 is 0 Å². The lowest BCUT2D eigenvalue weighted by atomic mass is 9.90. The van der Waals surface area contributed by atoms with E-state index in [2.05, 4.69) is 24.3 Å². The molecule has 1 saturated heterocycles. The molecule has 0 N–H and O–H groups in total. The van der Waals surface area contributed by atoms with E-state index in [1.807, 2.05) is 43.0 Å². The third kappa shape index (κ3) is 4.80. The molecule has 4 heteroatoms. The van der Waals surface area contributed by atoms with Gasteiger partial charge in [0.1, 0.15) is 6.54 Å². The molecule has 4 nitrogen and oxygen atoms in total. The van der Waals surface area contributed by atoms with Crippen LogP contribution in [-0.2, 0) is 16.0 Å². The molecular formula is C24H30N2O2. The third-order valence-electron chi connectivity index (χ3n) is 5.87. The normalized spacial score (nSPS) is 14.8. The number of hydrogen-bond acceptors (Lipinski definition) is 2. The van der Waals surface area contributed by atoms with Gasteiger partial charge in [0.05, 0.1) is 0 Å². The highest BCUT2D eigenvalue weighted by Gasteiger charge is 2.26. The van der Waals surface area contributed by atoms with Gasteiger partial charge in [0.25, 0.3) is 0 Å². The Hall–Kier alpha value is -2.62. The van der Waals surface area contributed by atoms with Gasteiger partial charge < -0.3 is 9.80 Å². The van der Waals surface area contributed by atoms with Gasteiger partial charge in [-0.1, -0.05) is 42.5 Å². The van der Waals surface area contributed by atoms with Crippen LogP contribution in [-0.4, -0.2) is 36.3 Å². The Morgan fingerprint density at radius 2 is 1.68 bits per heavy atom. The number of nitrogens with zero attached hydrogens (tertiary/aromatic N) is 2. The Kier molecular flexibility index (Phi) is 6.50. The minimum absolute atomic E-state index is 0.0364.